The Morgan fingerprint density at radius 2 is 2.18 bits per heavy atom. The summed E-state index contributed by atoms with van der Waals surface area (Å²) in [4.78, 5) is 5.02. The molecular weight excluding hydrogens is 212 g/mol. The van der Waals surface area contributed by atoms with Crippen LogP contribution in [-0.4, -0.2) is 61.8 Å². The summed E-state index contributed by atoms with van der Waals surface area (Å²) in [5, 5.41) is 0. The molecule has 0 bridgehead atoms. The number of nitrogens with zero attached hydrogens (tertiary/aromatic N) is 2. The van der Waals surface area contributed by atoms with E-state index in [1.54, 1.807) is 0 Å². The van der Waals surface area contributed by atoms with E-state index < -0.39 is 0 Å². The Labute approximate surface area is 106 Å². The minimum absolute atomic E-state index is 0.361. The molecule has 100 valence electrons. The van der Waals surface area contributed by atoms with E-state index in [1.165, 1.54) is 38.9 Å². The first-order valence-electron chi connectivity index (χ1n) is 7.03. The van der Waals surface area contributed by atoms with Gasteiger partial charge in [-0.15, -0.1) is 0 Å². The van der Waals surface area contributed by atoms with Gasteiger partial charge in [-0.25, -0.2) is 0 Å². The van der Waals surface area contributed by atoms with Crippen LogP contribution in [0.4, 0.5) is 0 Å². The first kappa shape index (κ1) is 13.3. The molecule has 0 aliphatic carbocycles. The van der Waals surface area contributed by atoms with Crippen LogP contribution in [0.2, 0.25) is 0 Å². The summed E-state index contributed by atoms with van der Waals surface area (Å²) >= 11 is 0. The normalized spacial score (nSPS) is 33.9. The van der Waals surface area contributed by atoms with Gasteiger partial charge in [-0.3, -0.25) is 4.90 Å². The Hall–Kier alpha value is -0.120. The SMILES string of the molecule is CC(C)OC[C@@]12CCCN1CC(CN(C)C)C2. The lowest BCUT2D eigenvalue weighted by Gasteiger charge is -2.32. The zero-order chi connectivity index (χ0) is 12.5. The van der Waals surface area contributed by atoms with E-state index in [1.807, 2.05) is 0 Å². The van der Waals surface area contributed by atoms with E-state index in [9.17, 15) is 0 Å². The van der Waals surface area contributed by atoms with E-state index in [2.05, 4.69) is 37.7 Å². The molecule has 0 amide bonds. The molecular formula is C14H28N2O. The van der Waals surface area contributed by atoms with Crippen LogP contribution >= 0.6 is 0 Å². The first-order valence-corrected chi connectivity index (χ1v) is 7.03. The zero-order valence-corrected chi connectivity index (χ0v) is 11.9. The molecule has 2 rings (SSSR count). The number of rotatable bonds is 5. The highest BCUT2D eigenvalue weighted by atomic mass is 16.5. The number of ether oxygens (including phenoxy) is 1. The highest BCUT2D eigenvalue weighted by Crippen LogP contribution is 2.42. The second-order valence-electron chi connectivity index (χ2n) is 6.47. The maximum atomic E-state index is 5.93. The van der Waals surface area contributed by atoms with E-state index in [0.29, 0.717) is 11.6 Å². The molecule has 0 N–H and O–H groups in total. The van der Waals surface area contributed by atoms with E-state index in [4.69, 9.17) is 4.74 Å². The van der Waals surface area contributed by atoms with Gasteiger partial charge in [0.1, 0.15) is 0 Å². The molecule has 3 nitrogen and oxygen atoms in total. The molecule has 17 heavy (non-hydrogen) atoms. The lowest BCUT2D eigenvalue weighted by molar-refractivity contribution is 0.00282. The highest BCUT2D eigenvalue weighted by Gasteiger charge is 2.48. The van der Waals surface area contributed by atoms with Gasteiger partial charge in [0.05, 0.1) is 12.7 Å². The van der Waals surface area contributed by atoms with Gasteiger partial charge in [-0.2, -0.15) is 0 Å². The van der Waals surface area contributed by atoms with Crippen LogP contribution in [0, 0.1) is 5.92 Å². The van der Waals surface area contributed by atoms with Crippen molar-refractivity contribution in [2.45, 2.75) is 44.8 Å². The standard InChI is InChI=1S/C14H28N2O/c1-12(2)17-11-14-6-5-7-16(14)10-13(8-14)9-15(3)4/h12-13H,5-11H2,1-4H3/t13?,14-/m0/s1. The summed E-state index contributed by atoms with van der Waals surface area (Å²) in [6.45, 7) is 9.00. The molecule has 0 spiro atoms. The predicted octanol–water partition coefficient (Wildman–Crippen LogP) is 1.83. The van der Waals surface area contributed by atoms with Crippen LogP contribution in [0.5, 0.6) is 0 Å². The molecule has 0 aromatic heterocycles. The Balaban J connectivity index is 1.94. The largest absolute Gasteiger partial charge is 0.377 e. The van der Waals surface area contributed by atoms with E-state index >= 15 is 0 Å². The summed E-state index contributed by atoms with van der Waals surface area (Å²) in [5.41, 5.74) is 0.380. The Bertz CT molecular complexity index is 255. The maximum Gasteiger partial charge on any atom is 0.0654 e. The van der Waals surface area contributed by atoms with Gasteiger partial charge >= 0.3 is 0 Å². The molecule has 2 atom stereocenters. The Morgan fingerprint density at radius 3 is 2.82 bits per heavy atom. The molecule has 2 aliphatic heterocycles. The highest BCUT2D eigenvalue weighted by molar-refractivity contribution is 5.03. The smallest absolute Gasteiger partial charge is 0.0654 e. The van der Waals surface area contributed by atoms with Gasteiger partial charge in [0.2, 0.25) is 0 Å². The Morgan fingerprint density at radius 1 is 1.41 bits per heavy atom. The van der Waals surface area contributed by atoms with Gasteiger partial charge in [0, 0.05) is 18.6 Å². The van der Waals surface area contributed by atoms with Gasteiger partial charge in [-0.1, -0.05) is 0 Å². The molecule has 2 heterocycles. The van der Waals surface area contributed by atoms with Crippen molar-refractivity contribution in [1.82, 2.24) is 9.80 Å². The lowest BCUT2D eigenvalue weighted by atomic mass is 9.90. The second kappa shape index (κ2) is 5.25. The van der Waals surface area contributed by atoms with Crippen molar-refractivity contribution < 1.29 is 4.74 Å². The minimum atomic E-state index is 0.361. The maximum absolute atomic E-state index is 5.93. The van der Waals surface area contributed by atoms with Crippen molar-refractivity contribution in [2.75, 3.05) is 40.3 Å². The number of hydrogen-bond donors (Lipinski definition) is 0. The van der Waals surface area contributed by atoms with Crippen LogP contribution in [0.3, 0.4) is 0 Å². The van der Waals surface area contributed by atoms with Crippen LogP contribution in [-0.2, 0) is 4.74 Å². The third kappa shape index (κ3) is 3.01. The van der Waals surface area contributed by atoms with Crippen LogP contribution in [0.25, 0.3) is 0 Å². The van der Waals surface area contributed by atoms with E-state index in [-0.39, 0.29) is 0 Å². The fourth-order valence-corrected chi connectivity index (χ4v) is 3.61. The fraction of sp³-hybridized carbons (Fsp3) is 1.00. The molecule has 2 fully saturated rings. The second-order valence-corrected chi connectivity index (χ2v) is 6.47. The topological polar surface area (TPSA) is 15.7 Å². The summed E-state index contributed by atoms with van der Waals surface area (Å²) in [7, 11) is 4.36. The molecule has 2 aliphatic rings. The molecule has 0 aromatic rings. The van der Waals surface area contributed by atoms with Gasteiger partial charge in [0.25, 0.3) is 0 Å². The van der Waals surface area contributed by atoms with Crippen molar-refractivity contribution in [3.05, 3.63) is 0 Å². The summed E-state index contributed by atoms with van der Waals surface area (Å²) in [6, 6.07) is 0. The van der Waals surface area contributed by atoms with E-state index in [0.717, 1.165) is 12.5 Å². The molecule has 0 aromatic carbocycles. The number of fused-ring (bicyclic) bond motifs is 1. The Kier molecular flexibility index (Phi) is 4.11. The molecule has 0 saturated carbocycles. The van der Waals surface area contributed by atoms with Crippen LogP contribution < -0.4 is 0 Å². The lowest BCUT2D eigenvalue weighted by Crippen LogP contribution is -2.43. The van der Waals surface area contributed by atoms with Gasteiger partial charge < -0.3 is 9.64 Å². The van der Waals surface area contributed by atoms with Gasteiger partial charge in [-0.05, 0) is 59.7 Å². The third-order valence-electron chi connectivity index (χ3n) is 4.20. The van der Waals surface area contributed by atoms with Crippen molar-refractivity contribution in [3.63, 3.8) is 0 Å². The van der Waals surface area contributed by atoms with Crippen molar-refractivity contribution in [1.29, 1.82) is 0 Å². The predicted molar refractivity (Wildman–Crippen MR) is 71.3 cm³/mol. The fourth-order valence-electron chi connectivity index (χ4n) is 3.61. The van der Waals surface area contributed by atoms with Crippen molar-refractivity contribution in [3.8, 4) is 0 Å². The third-order valence-corrected chi connectivity index (χ3v) is 4.20. The van der Waals surface area contributed by atoms with Crippen LogP contribution in [0.1, 0.15) is 33.1 Å². The van der Waals surface area contributed by atoms with Crippen LogP contribution in [0.15, 0.2) is 0 Å². The van der Waals surface area contributed by atoms with Crippen molar-refractivity contribution >= 4 is 0 Å². The summed E-state index contributed by atoms with van der Waals surface area (Å²) in [5.74, 6) is 0.834. The monoisotopic (exact) mass is 240 g/mol. The number of hydrogen-bond acceptors (Lipinski definition) is 3. The first-order chi connectivity index (χ1) is 8.02. The molecule has 3 heteroatoms. The van der Waals surface area contributed by atoms with Gasteiger partial charge in [0.15, 0.2) is 0 Å². The quantitative estimate of drug-likeness (QED) is 0.729. The zero-order valence-electron chi connectivity index (χ0n) is 11.9. The summed E-state index contributed by atoms with van der Waals surface area (Å²) in [6.07, 6.45) is 4.39. The molecule has 1 unspecified atom stereocenters. The molecule has 2 saturated heterocycles. The summed E-state index contributed by atoms with van der Waals surface area (Å²) < 4.78 is 5.93. The van der Waals surface area contributed by atoms with Crippen molar-refractivity contribution in [2.24, 2.45) is 5.92 Å². The average molecular weight is 240 g/mol. The average Bonchev–Trinajstić information content (AvgIpc) is 2.70. The minimum Gasteiger partial charge on any atom is -0.377 e. The molecule has 0 radical (unpaired) electrons.